The molecule has 0 saturated heterocycles. The topological polar surface area (TPSA) is 74.3 Å². The molecule has 0 aliphatic heterocycles. The zero-order valence-corrected chi connectivity index (χ0v) is 16.6. The quantitative estimate of drug-likeness (QED) is 0.665. The molecule has 0 bridgehead atoms. The molecule has 1 heterocycles. The summed E-state index contributed by atoms with van der Waals surface area (Å²) in [7, 11) is 5.68. The molecule has 28 heavy (non-hydrogen) atoms. The van der Waals surface area contributed by atoms with E-state index < -0.39 is 0 Å². The van der Waals surface area contributed by atoms with E-state index in [0.29, 0.717) is 18.3 Å². The molecular weight excluding hydrogens is 352 g/mol. The van der Waals surface area contributed by atoms with Gasteiger partial charge in [-0.2, -0.15) is 10.2 Å². The Morgan fingerprint density at radius 3 is 2.39 bits per heavy atom. The number of ether oxygens (including phenoxy) is 1. The van der Waals surface area contributed by atoms with Crippen molar-refractivity contribution in [1.82, 2.24) is 9.88 Å². The molecule has 6 heteroatoms. The molecule has 144 valence electrons. The third-order valence-corrected chi connectivity index (χ3v) is 4.61. The van der Waals surface area contributed by atoms with Gasteiger partial charge in [-0.15, -0.1) is 0 Å². The van der Waals surface area contributed by atoms with Crippen molar-refractivity contribution < 1.29 is 9.15 Å². The van der Waals surface area contributed by atoms with Crippen molar-refractivity contribution >= 4 is 5.88 Å². The van der Waals surface area contributed by atoms with E-state index in [9.17, 15) is 5.26 Å². The first-order valence-electron chi connectivity index (χ1n) is 9.04. The fourth-order valence-corrected chi connectivity index (χ4v) is 2.95. The van der Waals surface area contributed by atoms with Crippen LogP contribution in [0.4, 0.5) is 5.88 Å². The van der Waals surface area contributed by atoms with Gasteiger partial charge in [-0.05, 0) is 50.8 Å². The first kappa shape index (κ1) is 19.5. The number of nitriles is 1. The van der Waals surface area contributed by atoms with Gasteiger partial charge in [0.15, 0.2) is 0 Å². The zero-order chi connectivity index (χ0) is 20.1. The SMILES string of the molecule is COc1ccc([C@@H](CNc2oc(-c3ccc(C)cc3)nc2C#N)N(C)C)cc1. The highest BCUT2D eigenvalue weighted by molar-refractivity contribution is 5.59. The summed E-state index contributed by atoms with van der Waals surface area (Å²) in [4.78, 5) is 6.44. The van der Waals surface area contributed by atoms with Crippen LogP contribution in [0.15, 0.2) is 52.9 Å². The molecule has 0 spiro atoms. The molecule has 0 unspecified atom stereocenters. The highest BCUT2D eigenvalue weighted by Crippen LogP contribution is 2.27. The Balaban J connectivity index is 1.79. The van der Waals surface area contributed by atoms with Gasteiger partial charge in [0.05, 0.1) is 13.2 Å². The van der Waals surface area contributed by atoms with E-state index >= 15 is 0 Å². The van der Waals surface area contributed by atoms with E-state index in [-0.39, 0.29) is 11.7 Å². The maximum Gasteiger partial charge on any atom is 0.232 e. The molecule has 3 aromatic rings. The molecule has 1 N–H and O–H groups in total. The molecule has 0 saturated carbocycles. The Labute approximate surface area is 165 Å². The monoisotopic (exact) mass is 376 g/mol. The summed E-state index contributed by atoms with van der Waals surface area (Å²) < 4.78 is 11.1. The van der Waals surface area contributed by atoms with E-state index in [1.165, 1.54) is 0 Å². The van der Waals surface area contributed by atoms with Crippen LogP contribution in [0.3, 0.4) is 0 Å². The Kier molecular flexibility index (Phi) is 5.97. The van der Waals surface area contributed by atoms with Crippen LogP contribution < -0.4 is 10.1 Å². The Hall–Kier alpha value is -3.30. The standard InChI is InChI=1S/C22H24N4O2/c1-15-5-7-17(8-6-15)21-25-19(13-23)22(28-21)24-14-20(26(2)3)16-9-11-18(27-4)12-10-16/h5-12,20,24H,14H2,1-4H3/t20-/m1/s1. The number of aromatic nitrogens is 1. The lowest BCUT2D eigenvalue weighted by Crippen LogP contribution is -2.26. The number of anilines is 1. The van der Waals surface area contributed by atoms with Crippen LogP contribution in [0.2, 0.25) is 0 Å². The van der Waals surface area contributed by atoms with Gasteiger partial charge in [-0.25, -0.2) is 0 Å². The Morgan fingerprint density at radius 2 is 1.82 bits per heavy atom. The summed E-state index contributed by atoms with van der Waals surface area (Å²) >= 11 is 0. The minimum absolute atomic E-state index is 0.0883. The average Bonchev–Trinajstić information content (AvgIpc) is 3.12. The molecule has 1 aromatic heterocycles. The molecule has 1 atom stereocenters. The summed E-state index contributed by atoms with van der Waals surface area (Å²) in [6, 6.07) is 18.0. The van der Waals surface area contributed by atoms with E-state index in [2.05, 4.69) is 21.3 Å². The number of benzene rings is 2. The first-order chi connectivity index (χ1) is 13.5. The minimum Gasteiger partial charge on any atom is -0.497 e. The Bertz CT molecular complexity index is 954. The summed E-state index contributed by atoms with van der Waals surface area (Å²) in [5.74, 6) is 1.64. The van der Waals surface area contributed by atoms with Gasteiger partial charge in [0, 0.05) is 12.1 Å². The number of aryl methyl sites for hydroxylation is 1. The second-order valence-electron chi connectivity index (χ2n) is 6.81. The summed E-state index contributed by atoms with van der Waals surface area (Å²) in [5.41, 5.74) is 3.38. The number of methoxy groups -OCH3 is 1. The smallest absolute Gasteiger partial charge is 0.232 e. The van der Waals surface area contributed by atoms with Crippen molar-refractivity contribution in [3.05, 3.63) is 65.4 Å². The lowest BCUT2D eigenvalue weighted by Gasteiger charge is -2.25. The van der Waals surface area contributed by atoms with Crippen LogP contribution in [0, 0.1) is 18.3 Å². The molecular formula is C22H24N4O2. The number of oxazole rings is 1. The number of rotatable bonds is 7. The fraction of sp³-hybridized carbons (Fsp3) is 0.273. The number of nitrogens with zero attached hydrogens (tertiary/aromatic N) is 3. The van der Waals surface area contributed by atoms with Crippen LogP contribution in [-0.2, 0) is 0 Å². The molecule has 2 aromatic carbocycles. The van der Waals surface area contributed by atoms with Crippen molar-refractivity contribution in [3.63, 3.8) is 0 Å². The largest absolute Gasteiger partial charge is 0.497 e. The number of hydrogen-bond donors (Lipinski definition) is 1. The van der Waals surface area contributed by atoms with E-state index in [0.717, 1.165) is 22.4 Å². The lowest BCUT2D eigenvalue weighted by atomic mass is 10.1. The molecule has 0 fully saturated rings. The van der Waals surface area contributed by atoms with Crippen molar-refractivity contribution in [3.8, 4) is 23.3 Å². The molecule has 0 amide bonds. The summed E-state index contributed by atoms with van der Waals surface area (Å²) in [6.07, 6.45) is 0. The van der Waals surface area contributed by atoms with Gasteiger partial charge in [-0.1, -0.05) is 29.8 Å². The van der Waals surface area contributed by atoms with Gasteiger partial charge < -0.3 is 19.4 Å². The van der Waals surface area contributed by atoms with E-state index in [1.807, 2.05) is 69.6 Å². The molecule has 0 aliphatic rings. The Morgan fingerprint density at radius 1 is 1.14 bits per heavy atom. The lowest BCUT2D eigenvalue weighted by molar-refractivity contribution is 0.310. The highest BCUT2D eigenvalue weighted by Gasteiger charge is 2.18. The van der Waals surface area contributed by atoms with Crippen molar-refractivity contribution in [2.45, 2.75) is 13.0 Å². The van der Waals surface area contributed by atoms with Gasteiger partial charge in [0.25, 0.3) is 0 Å². The van der Waals surface area contributed by atoms with Crippen molar-refractivity contribution in [2.24, 2.45) is 0 Å². The average molecular weight is 376 g/mol. The van der Waals surface area contributed by atoms with Crippen molar-refractivity contribution in [2.75, 3.05) is 33.1 Å². The van der Waals surface area contributed by atoms with E-state index in [1.54, 1.807) is 7.11 Å². The molecule has 0 aliphatic carbocycles. The zero-order valence-electron chi connectivity index (χ0n) is 16.6. The molecule has 6 nitrogen and oxygen atoms in total. The molecule has 3 rings (SSSR count). The third-order valence-electron chi connectivity index (χ3n) is 4.61. The van der Waals surface area contributed by atoms with Crippen LogP contribution in [0.1, 0.15) is 22.9 Å². The fourth-order valence-electron chi connectivity index (χ4n) is 2.95. The summed E-state index contributed by atoms with van der Waals surface area (Å²) in [5, 5.41) is 12.7. The van der Waals surface area contributed by atoms with Crippen LogP contribution in [-0.4, -0.2) is 37.6 Å². The minimum atomic E-state index is 0.0883. The maximum absolute atomic E-state index is 9.44. The normalized spacial score (nSPS) is 11.9. The van der Waals surface area contributed by atoms with Gasteiger partial charge >= 0.3 is 0 Å². The van der Waals surface area contributed by atoms with Gasteiger partial charge in [0.2, 0.25) is 17.5 Å². The number of nitrogens with one attached hydrogen (secondary N) is 1. The first-order valence-corrected chi connectivity index (χ1v) is 9.04. The highest BCUT2D eigenvalue weighted by atomic mass is 16.5. The molecule has 0 radical (unpaired) electrons. The summed E-state index contributed by atoms with van der Waals surface area (Å²) in [6.45, 7) is 2.59. The van der Waals surface area contributed by atoms with Crippen LogP contribution in [0.5, 0.6) is 5.75 Å². The number of likely N-dealkylation sites (N-methyl/N-ethyl adjacent to an activating group) is 1. The second kappa shape index (κ2) is 8.59. The predicted octanol–water partition coefficient (Wildman–Crippen LogP) is 4.25. The third kappa shape index (κ3) is 4.33. The predicted molar refractivity (Wildman–Crippen MR) is 109 cm³/mol. The van der Waals surface area contributed by atoms with Gasteiger partial charge in [0.1, 0.15) is 11.8 Å². The van der Waals surface area contributed by atoms with Gasteiger partial charge in [-0.3, -0.25) is 0 Å². The second-order valence-corrected chi connectivity index (χ2v) is 6.81. The van der Waals surface area contributed by atoms with Crippen molar-refractivity contribution in [1.29, 1.82) is 5.26 Å². The van der Waals surface area contributed by atoms with E-state index in [4.69, 9.17) is 9.15 Å². The van der Waals surface area contributed by atoms with Crippen LogP contribution >= 0.6 is 0 Å². The number of hydrogen-bond acceptors (Lipinski definition) is 6. The van der Waals surface area contributed by atoms with Crippen LogP contribution in [0.25, 0.3) is 11.5 Å². The maximum atomic E-state index is 9.44.